The summed E-state index contributed by atoms with van der Waals surface area (Å²) in [6.07, 6.45) is 1.82. The van der Waals surface area contributed by atoms with Crippen LogP contribution in [0.25, 0.3) is 11.5 Å². The van der Waals surface area contributed by atoms with E-state index in [0.29, 0.717) is 21.8 Å². The summed E-state index contributed by atoms with van der Waals surface area (Å²) >= 11 is 1.03. The highest BCUT2D eigenvalue weighted by molar-refractivity contribution is 7.17. The summed E-state index contributed by atoms with van der Waals surface area (Å²) in [5.74, 6) is -3.16. The fraction of sp³-hybridized carbons (Fsp3) is 0.522. The van der Waals surface area contributed by atoms with Crippen LogP contribution in [0.5, 0.6) is 0 Å². The lowest BCUT2D eigenvalue weighted by molar-refractivity contribution is -0.156. The highest BCUT2D eigenvalue weighted by atomic mass is 32.1. The second-order valence-electron chi connectivity index (χ2n) is 8.74. The van der Waals surface area contributed by atoms with Gasteiger partial charge in [0.05, 0.1) is 24.4 Å². The largest absolute Gasteiger partial charge is 0.464 e. The molecule has 0 bridgehead atoms. The van der Waals surface area contributed by atoms with Crippen LogP contribution in [0, 0.1) is 0 Å². The van der Waals surface area contributed by atoms with Crippen molar-refractivity contribution in [1.82, 2.24) is 10.1 Å². The number of carbonyl (C=O) groups excluding carboxylic acids is 3. The molecule has 5 rings (SSSR count). The van der Waals surface area contributed by atoms with Gasteiger partial charge in [0.25, 0.3) is 17.7 Å². The summed E-state index contributed by atoms with van der Waals surface area (Å²) in [5, 5.41) is 7.03. The number of esters is 1. The fourth-order valence-electron chi connectivity index (χ4n) is 4.22. The Bertz CT molecular complexity index is 1220. The van der Waals surface area contributed by atoms with Gasteiger partial charge in [0.2, 0.25) is 6.29 Å². The normalized spacial score (nSPS) is 21.4. The molecule has 2 aromatic rings. The lowest BCUT2D eigenvalue weighted by Gasteiger charge is -2.23. The first kappa shape index (κ1) is 23.7. The number of nitrogens with one attached hydrogen (secondary N) is 1. The van der Waals surface area contributed by atoms with Crippen molar-refractivity contribution in [1.29, 1.82) is 0 Å². The van der Waals surface area contributed by atoms with Crippen molar-refractivity contribution < 1.29 is 37.2 Å². The molecule has 1 amide bonds. The molecule has 2 aromatic heterocycles. The van der Waals surface area contributed by atoms with E-state index in [1.54, 1.807) is 13.2 Å². The number of nitrogens with zero attached hydrogens (tertiary/aromatic N) is 2. The van der Waals surface area contributed by atoms with Gasteiger partial charge >= 0.3 is 5.97 Å². The number of hydrogen-bond donors (Lipinski definition) is 1. The van der Waals surface area contributed by atoms with Gasteiger partial charge in [0.1, 0.15) is 5.00 Å². The minimum absolute atomic E-state index is 0.00462. The molecule has 3 heterocycles. The van der Waals surface area contributed by atoms with Gasteiger partial charge in [-0.15, -0.1) is 11.3 Å². The Kier molecular flexibility index (Phi) is 6.26. The zero-order chi connectivity index (χ0) is 24.7. The van der Waals surface area contributed by atoms with E-state index in [4.69, 9.17) is 14.0 Å². The molecule has 35 heavy (non-hydrogen) atoms. The molecule has 1 radical (unpaired) electrons. The fourth-order valence-corrected chi connectivity index (χ4v) is 5.53. The number of rotatable bonds is 7. The van der Waals surface area contributed by atoms with E-state index in [1.807, 2.05) is 0 Å². The van der Waals surface area contributed by atoms with Crippen LogP contribution in [0.2, 0.25) is 0 Å². The van der Waals surface area contributed by atoms with Gasteiger partial charge in [-0.05, 0) is 31.7 Å². The first-order valence-corrected chi connectivity index (χ1v) is 12.2. The maximum Gasteiger partial charge on any atom is 0.335 e. The molecule has 1 aliphatic heterocycles. The van der Waals surface area contributed by atoms with Gasteiger partial charge in [0, 0.05) is 35.6 Å². The molecule has 9 nitrogen and oxygen atoms in total. The highest BCUT2D eigenvalue weighted by Gasteiger charge is 2.40. The van der Waals surface area contributed by atoms with Crippen molar-refractivity contribution in [3.63, 3.8) is 0 Å². The van der Waals surface area contributed by atoms with E-state index in [1.165, 1.54) is 0 Å². The van der Waals surface area contributed by atoms with E-state index >= 15 is 0 Å². The van der Waals surface area contributed by atoms with Crippen LogP contribution < -0.4 is 5.32 Å². The smallest absolute Gasteiger partial charge is 0.335 e. The van der Waals surface area contributed by atoms with Gasteiger partial charge in [-0.25, -0.2) is 13.6 Å². The van der Waals surface area contributed by atoms with Crippen LogP contribution >= 0.6 is 11.3 Å². The Balaban J connectivity index is 1.45. The van der Waals surface area contributed by atoms with Gasteiger partial charge in [-0.3, -0.25) is 9.59 Å². The number of halogens is 2. The Morgan fingerprint density at radius 1 is 1.34 bits per heavy atom. The number of anilines is 1. The number of thiophene rings is 1. The minimum atomic E-state index is -2.84. The Morgan fingerprint density at radius 3 is 2.86 bits per heavy atom. The average molecular weight is 507 g/mol. The molecule has 1 N–H and O–H groups in total. The number of ether oxygens (including phenoxy) is 2. The molecule has 1 fully saturated rings. The van der Waals surface area contributed by atoms with Gasteiger partial charge in [0.15, 0.2) is 11.9 Å². The summed E-state index contributed by atoms with van der Waals surface area (Å²) in [4.78, 5) is 41.6. The SMILES string of the molecule is CCOC(=O)C1CC([C]=O)=C(C(=O)Nc2sc3c(c2-c2nc(C4CC4)no2)CCC(F)(F)C3)CO1. The van der Waals surface area contributed by atoms with Crippen molar-refractivity contribution in [2.45, 2.75) is 63.4 Å². The molecular formula is C23H22F2N3O6S. The second-order valence-corrected chi connectivity index (χ2v) is 9.85. The number of aromatic nitrogens is 2. The molecular weight excluding hydrogens is 484 g/mol. The summed E-state index contributed by atoms with van der Waals surface area (Å²) in [7, 11) is 0. The lowest BCUT2D eigenvalue weighted by atomic mass is 9.92. The van der Waals surface area contributed by atoms with E-state index < -0.39 is 30.3 Å². The summed E-state index contributed by atoms with van der Waals surface area (Å²) in [6, 6.07) is 0. The Labute approximate surface area is 202 Å². The molecule has 1 saturated carbocycles. The highest BCUT2D eigenvalue weighted by Crippen LogP contribution is 2.48. The van der Waals surface area contributed by atoms with Crippen molar-refractivity contribution in [2.75, 3.05) is 18.5 Å². The van der Waals surface area contributed by atoms with E-state index in [-0.39, 0.29) is 60.4 Å². The minimum Gasteiger partial charge on any atom is -0.464 e. The molecule has 0 spiro atoms. The molecule has 185 valence electrons. The zero-order valence-electron chi connectivity index (χ0n) is 18.8. The van der Waals surface area contributed by atoms with Crippen molar-refractivity contribution in [2.24, 2.45) is 0 Å². The predicted octanol–water partition coefficient (Wildman–Crippen LogP) is 3.50. The van der Waals surface area contributed by atoms with Crippen molar-refractivity contribution >= 4 is 34.5 Å². The number of fused-ring (bicyclic) bond motifs is 1. The monoisotopic (exact) mass is 506 g/mol. The van der Waals surface area contributed by atoms with Crippen LogP contribution in [-0.4, -0.2) is 53.5 Å². The van der Waals surface area contributed by atoms with Crippen LogP contribution in [0.4, 0.5) is 13.8 Å². The number of hydrogen-bond acceptors (Lipinski definition) is 9. The number of alkyl halides is 2. The molecule has 1 unspecified atom stereocenters. The standard InChI is InChI=1S/C23H22F2N3O6S/c1-2-32-22(31)15-7-12(9-29)14(10-33-15)19(30)27-21-17(20-26-18(28-34-20)11-3-4-11)13-5-6-23(24,25)8-16(13)35-21/h11,15H,2-8,10H2,1H3,(H,27,30). The third-order valence-electron chi connectivity index (χ3n) is 6.21. The molecule has 0 saturated heterocycles. The van der Waals surface area contributed by atoms with Gasteiger partial charge in [-0.2, -0.15) is 4.98 Å². The first-order chi connectivity index (χ1) is 16.8. The summed E-state index contributed by atoms with van der Waals surface area (Å²) in [5.41, 5.74) is 1.09. The van der Waals surface area contributed by atoms with Crippen LogP contribution in [0.3, 0.4) is 0 Å². The van der Waals surface area contributed by atoms with E-state index in [9.17, 15) is 23.2 Å². The quantitative estimate of drug-likeness (QED) is 0.567. The second kappa shape index (κ2) is 9.23. The molecule has 3 aliphatic rings. The van der Waals surface area contributed by atoms with Crippen molar-refractivity contribution in [3.8, 4) is 11.5 Å². The molecule has 12 heteroatoms. The van der Waals surface area contributed by atoms with E-state index in [0.717, 1.165) is 24.2 Å². The number of carbonyl (C=O) groups is 2. The lowest BCUT2D eigenvalue weighted by Crippen LogP contribution is -2.34. The molecule has 0 aromatic carbocycles. The Morgan fingerprint density at radius 2 is 2.14 bits per heavy atom. The third-order valence-corrected chi connectivity index (χ3v) is 7.35. The van der Waals surface area contributed by atoms with E-state index in [2.05, 4.69) is 15.5 Å². The van der Waals surface area contributed by atoms with Crippen LogP contribution in [0.15, 0.2) is 15.7 Å². The number of amides is 1. The van der Waals surface area contributed by atoms with Gasteiger partial charge in [-0.1, -0.05) is 5.16 Å². The van der Waals surface area contributed by atoms with Crippen molar-refractivity contribution in [3.05, 3.63) is 27.4 Å². The first-order valence-electron chi connectivity index (χ1n) is 11.4. The van der Waals surface area contributed by atoms with Crippen LogP contribution in [-0.2, 0) is 36.7 Å². The Hall–Kier alpha value is -2.99. The van der Waals surface area contributed by atoms with Crippen LogP contribution in [0.1, 0.15) is 54.8 Å². The third kappa shape index (κ3) is 4.76. The average Bonchev–Trinajstić information content (AvgIpc) is 3.47. The maximum absolute atomic E-state index is 14.1. The molecule has 2 aliphatic carbocycles. The zero-order valence-corrected chi connectivity index (χ0v) is 19.6. The van der Waals surface area contributed by atoms with Gasteiger partial charge < -0.3 is 19.3 Å². The maximum atomic E-state index is 14.1. The summed E-state index contributed by atoms with van der Waals surface area (Å²) in [6.45, 7) is 1.50. The predicted molar refractivity (Wildman–Crippen MR) is 119 cm³/mol. The summed E-state index contributed by atoms with van der Waals surface area (Å²) < 4.78 is 44.1. The topological polar surface area (TPSA) is 121 Å². The molecule has 1 atom stereocenters.